The molecule has 4 aromatic rings. The monoisotopic (exact) mass is 480 g/mol. The first-order valence-electron chi connectivity index (χ1n) is 11.3. The lowest BCUT2D eigenvalue weighted by Gasteiger charge is -2.26. The summed E-state index contributed by atoms with van der Waals surface area (Å²) in [6.45, 7) is 4.23. The predicted octanol–water partition coefficient (Wildman–Crippen LogP) is 7.08. The van der Waals surface area contributed by atoms with Crippen LogP contribution in [0.25, 0.3) is 0 Å². The van der Waals surface area contributed by atoms with Crippen molar-refractivity contribution in [2.24, 2.45) is 0 Å². The molecule has 6 nitrogen and oxygen atoms in total. The average Bonchev–Trinajstić information content (AvgIpc) is 2.93. The van der Waals surface area contributed by atoms with Crippen molar-refractivity contribution < 1.29 is 9.47 Å². The molecule has 0 aromatic heterocycles. The topological polar surface area (TPSA) is 114 Å². The lowest BCUT2D eigenvalue weighted by Crippen LogP contribution is -2.18. The molecule has 37 heavy (non-hydrogen) atoms. The predicted molar refractivity (Wildman–Crippen MR) is 137 cm³/mol. The van der Waals surface area contributed by atoms with Gasteiger partial charge < -0.3 is 9.47 Å². The molecule has 0 amide bonds. The molecule has 0 atom stereocenters. The van der Waals surface area contributed by atoms with Crippen LogP contribution in [0.5, 0.6) is 23.0 Å². The van der Waals surface area contributed by atoms with Crippen molar-refractivity contribution in [2.75, 3.05) is 0 Å². The zero-order valence-electron chi connectivity index (χ0n) is 20.2. The van der Waals surface area contributed by atoms with Crippen molar-refractivity contribution in [3.05, 3.63) is 118 Å². The van der Waals surface area contributed by atoms with Gasteiger partial charge in [0.25, 0.3) is 0 Å². The van der Waals surface area contributed by atoms with E-state index in [1.54, 1.807) is 24.3 Å². The van der Waals surface area contributed by atoms with Gasteiger partial charge in [-0.15, -0.1) is 0 Å². The molecule has 0 aliphatic rings. The summed E-state index contributed by atoms with van der Waals surface area (Å²) >= 11 is 0. The Bertz CT molecular complexity index is 1440. The van der Waals surface area contributed by atoms with E-state index in [2.05, 4.69) is 13.8 Å². The number of hydrogen-bond acceptors (Lipinski definition) is 6. The van der Waals surface area contributed by atoms with Gasteiger partial charge in [0, 0.05) is 5.41 Å². The Morgan fingerprint density at radius 2 is 0.757 bits per heavy atom. The van der Waals surface area contributed by atoms with Crippen LogP contribution in [0, 0.1) is 45.3 Å². The smallest absolute Gasteiger partial charge is 0.130 e. The van der Waals surface area contributed by atoms with Gasteiger partial charge in [-0.2, -0.15) is 21.0 Å². The molecule has 4 rings (SSSR count). The number of hydrogen-bond donors (Lipinski definition) is 0. The highest BCUT2D eigenvalue weighted by Gasteiger charge is 2.23. The molecular weight excluding hydrogens is 460 g/mol. The van der Waals surface area contributed by atoms with Gasteiger partial charge in [-0.3, -0.25) is 0 Å². The van der Waals surface area contributed by atoms with Crippen LogP contribution in [0.15, 0.2) is 84.9 Å². The number of benzene rings is 4. The molecule has 0 spiro atoms. The highest BCUT2D eigenvalue weighted by Crippen LogP contribution is 2.35. The molecule has 0 saturated heterocycles. The molecule has 176 valence electrons. The van der Waals surface area contributed by atoms with Crippen LogP contribution in [0.2, 0.25) is 0 Å². The van der Waals surface area contributed by atoms with E-state index in [1.165, 1.54) is 12.1 Å². The minimum absolute atomic E-state index is 0.319. The molecule has 0 unspecified atom stereocenters. The van der Waals surface area contributed by atoms with E-state index in [1.807, 2.05) is 72.8 Å². The Morgan fingerprint density at radius 3 is 1.03 bits per heavy atom. The van der Waals surface area contributed by atoms with E-state index in [9.17, 15) is 0 Å². The number of ether oxygens (including phenoxy) is 2. The van der Waals surface area contributed by atoms with Gasteiger partial charge in [-0.05, 0) is 71.8 Å². The summed E-state index contributed by atoms with van der Waals surface area (Å²) in [6.07, 6.45) is 0. The summed E-state index contributed by atoms with van der Waals surface area (Å²) in [5.41, 5.74) is 3.27. The quantitative estimate of drug-likeness (QED) is 0.291. The average molecular weight is 481 g/mol. The standard InChI is InChI=1S/C31H20N4O2/c1-31(2,25-3-7-27(8-4-25)36-29-13-21(17-32)11-22(14-29)18-33)26-5-9-28(10-6-26)37-30-15-23(19-34)12-24(16-30)20-35/h3-16H,1-2H3. The first-order valence-corrected chi connectivity index (χ1v) is 11.3. The first kappa shape index (κ1) is 24.6. The largest absolute Gasteiger partial charge is 0.457 e. The van der Waals surface area contributed by atoms with Crippen LogP contribution in [0.4, 0.5) is 0 Å². The number of nitrogens with zero attached hydrogens (tertiary/aromatic N) is 4. The fraction of sp³-hybridized carbons (Fsp3) is 0.0968. The van der Waals surface area contributed by atoms with E-state index in [-0.39, 0.29) is 5.41 Å². The summed E-state index contributed by atoms with van der Waals surface area (Å²) in [4.78, 5) is 0. The summed E-state index contributed by atoms with van der Waals surface area (Å²) < 4.78 is 11.8. The van der Waals surface area contributed by atoms with Gasteiger partial charge in [0.1, 0.15) is 23.0 Å². The van der Waals surface area contributed by atoms with Crippen molar-refractivity contribution >= 4 is 0 Å². The third kappa shape index (κ3) is 5.58. The van der Waals surface area contributed by atoms with Crippen LogP contribution in [-0.2, 0) is 5.41 Å². The molecule has 4 aromatic carbocycles. The van der Waals surface area contributed by atoms with Crippen LogP contribution in [0.3, 0.4) is 0 Å². The molecule has 0 radical (unpaired) electrons. The van der Waals surface area contributed by atoms with Gasteiger partial charge >= 0.3 is 0 Å². The fourth-order valence-electron chi connectivity index (χ4n) is 3.89. The summed E-state index contributed by atoms with van der Waals surface area (Å²) in [7, 11) is 0. The first-order chi connectivity index (χ1) is 17.8. The molecular formula is C31H20N4O2. The minimum Gasteiger partial charge on any atom is -0.457 e. The molecule has 0 aliphatic heterocycles. The second-order valence-corrected chi connectivity index (χ2v) is 8.82. The maximum absolute atomic E-state index is 9.17. The summed E-state index contributed by atoms with van der Waals surface area (Å²) in [5.74, 6) is 2.05. The van der Waals surface area contributed by atoms with Crippen LogP contribution in [-0.4, -0.2) is 0 Å². The second kappa shape index (κ2) is 10.4. The maximum Gasteiger partial charge on any atom is 0.130 e. The highest BCUT2D eigenvalue weighted by atomic mass is 16.5. The van der Waals surface area contributed by atoms with Gasteiger partial charge in [0.2, 0.25) is 0 Å². The molecule has 6 heteroatoms. The van der Waals surface area contributed by atoms with E-state index >= 15 is 0 Å². The molecule has 0 heterocycles. The van der Waals surface area contributed by atoms with Crippen molar-refractivity contribution in [1.82, 2.24) is 0 Å². The second-order valence-electron chi connectivity index (χ2n) is 8.82. The maximum atomic E-state index is 9.17. The Labute approximate surface area is 215 Å². The molecule has 0 bridgehead atoms. The van der Waals surface area contributed by atoms with E-state index in [0.717, 1.165) is 11.1 Å². The lowest BCUT2D eigenvalue weighted by atomic mass is 9.78. The Balaban J connectivity index is 1.50. The van der Waals surface area contributed by atoms with Gasteiger partial charge in [0.15, 0.2) is 0 Å². The lowest BCUT2D eigenvalue weighted by molar-refractivity contribution is 0.481. The van der Waals surface area contributed by atoms with Crippen molar-refractivity contribution in [3.8, 4) is 47.3 Å². The van der Waals surface area contributed by atoms with Gasteiger partial charge in [-0.1, -0.05) is 38.1 Å². The van der Waals surface area contributed by atoms with Crippen molar-refractivity contribution in [2.45, 2.75) is 19.3 Å². The third-order valence-corrected chi connectivity index (χ3v) is 5.95. The van der Waals surface area contributed by atoms with E-state index in [0.29, 0.717) is 45.3 Å². The Morgan fingerprint density at radius 1 is 0.459 bits per heavy atom. The summed E-state index contributed by atoms with van der Waals surface area (Å²) in [6, 6.07) is 32.9. The third-order valence-electron chi connectivity index (χ3n) is 5.95. The fourth-order valence-corrected chi connectivity index (χ4v) is 3.89. The van der Waals surface area contributed by atoms with Crippen LogP contribution in [0.1, 0.15) is 47.2 Å². The van der Waals surface area contributed by atoms with Crippen molar-refractivity contribution in [1.29, 1.82) is 21.0 Å². The normalized spacial score (nSPS) is 10.3. The van der Waals surface area contributed by atoms with Crippen molar-refractivity contribution in [3.63, 3.8) is 0 Å². The molecule has 0 aliphatic carbocycles. The zero-order chi connectivity index (χ0) is 26.4. The summed E-state index contributed by atoms with van der Waals surface area (Å²) in [5, 5.41) is 36.7. The molecule has 0 saturated carbocycles. The van der Waals surface area contributed by atoms with Crippen LogP contribution < -0.4 is 9.47 Å². The number of rotatable bonds is 6. The Hall–Kier alpha value is -5.56. The van der Waals surface area contributed by atoms with E-state index < -0.39 is 0 Å². The molecule has 0 N–H and O–H groups in total. The molecule has 0 fully saturated rings. The Kier molecular flexibility index (Phi) is 6.88. The number of nitriles is 4. The van der Waals surface area contributed by atoms with E-state index in [4.69, 9.17) is 30.5 Å². The highest BCUT2D eigenvalue weighted by molar-refractivity contribution is 5.49. The van der Waals surface area contributed by atoms with Crippen LogP contribution >= 0.6 is 0 Å². The van der Waals surface area contributed by atoms with Gasteiger partial charge in [-0.25, -0.2) is 0 Å². The SMILES string of the molecule is CC(C)(c1ccc(Oc2cc(C#N)cc(C#N)c2)cc1)c1ccc(Oc2cc(C#N)cc(C#N)c2)cc1. The zero-order valence-corrected chi connectivity index (χ0v) is 20.2. The van der Waals surface area contributed by atoms with Gasteiger partial charge in [0.05, 0.1) is 46.5 Å². The minimum atomic E-state index is -0.319.